The Bertz CT molecular complexity index is 981. The molecular formula is C18H14N4OS. The number of anilines is 1. The van der Waals surface area contributed by atoms with E-state index >= 15 is 0 Å². The molecule has 0 saturated heterocycles. The van der Waals surface area contributed by atoms with Crippen molar-refractivity contribution in [2.75, 3.05) is 12.8 Å². The molecule has 0 aliphatic carbocycles. The monoisotopic (exact) mass is 334 g/mol. The fourth-order valence-electron chi connectivity index (χ4n) is 2.39. The Labute approximate surface area is 143 Å². The zero-order valence-electron chi connectivity index (χ0n) is 12.9. The zero-order chi connectivity index (χ0) is 17.1. The number of rotatable bonds is 3. The summed E-state index contributed by atoms with van der Waals surface area (Å²) in [7, 11) is 1.58. The number of benzene rings is 1. The fourth-order valence-corrected chi connectivity index (χ4v) is 3.47. The minimum Gasteiger partial charge on any atom is -0.383 e. The molecule has 3 rings (SSSR count). The molecule has 0 fully saturated rings. The molecule has 0 spiro atoms. The number of aromatic nitrogens is 1. The first kappa shape index (κ1) is 15.7. The summed E-state index contributed by atoms with van der Waals surface area (Å²) in [6, 6.07) is 9.45. The Morgan fingerprint density at radius 1 is 1.38 bits per heavy atom. The topological polar surface area (TPSA) is 91.8 Å². The second-order valence-corrected chi connectivity index (χ2v) is 5.97. The highest BCUT2D eigenvalue weighted by Gasteiger charge is 2.13. The number of hydrogen-bond donors (Lipinski definition) is 2. The molecule has 0 bridgehead atoms. The van der Waals surface area contributed by atoms with E-state index in [4.69, 9.17) is 11.0 Å². The van der Waals surface area contributed by atoms with Gasteiger partial charge in [-0.25, -0.2) is 4.98 Å². The number of nitrogen functional groups attached to an aromatic ring is 1. The van der Waals surface area contributed by atoms with Gasteiger partial charge in [-0.15, -0.1) is 11.3 Å². The van der Waals surface area contributed by atoms with E-state index in [2.05, 4.69) is 16.4 Å². The molecule has 0 atom stereocenters. The number of carbonyl (C=O) groups excluding carboxylic acids is 1. The number of amides is 1. The van der Waals surface area contributed by atoms with Crippen molar-refractivity contribution in [3.63, 3.8) is 0 Å². The van der Waals surface area contributed by atoms with Crippen LogP contribution >= 0.6 is 11.3 Å². The van der Waals surface area contributed by atoms with Crippen molar-refractivity contribution in [1.29, 1.82) is 5.26 Å². The number of nitrogens with two attached hydrogens (primary N) is 1. The molecule has 0 radical (unpaired) electrons. The first-order valence-electron chi connectivity index (χ1n) is 7.20. The fraction of sp³-hybridized carbons (Fsp3) is 0.0556. The summed E-state index contributed by atoms with van der Waals surface area (Å²) in [5.74, 6) is 0.270. The van der Waals surface area contributed by atoms with Crippen LogP contribution in [0.3, 0.4) is 0 Å². The summed E-state index contributed by atoms with van der Waals surface area (Å²) in [4.78, 5) is 15.7. The minimum atomic E-state index is -0.177. The Morgan fingerprint density at radius 3 is 2.79 bits per heavy atom. The number of nitrogens with zero attached hydrogens (tertiary/aromatic N) is 2. The molecule has 0 saturated carbocycles. The number of nitriles is 1. The number of hydrogen-bond acceptors (Lipinski definition) is 5. The van der Waals surface area contributed by atoms with Gasteiger partial charge in [0.05, 0.1) is 11.6 Å². The maximum atomic E-state index is 11.4. The van der Waals surface area contributed by atoms with Gasteiger partial charge in [0.1, 0.15) is 5.82 Å². The number of fused-ring (bicyclic) bond motifs is 1. The molecule has 3 aromatic rings. The second-order valence-electron chi connectivity index (χ2n) is 5.09. The first-order valence-corrected chi connectivity index (χ1v) is 8.08. The first-order chi connectivity index (χ1) is 11.6. The predicted molar refractivity (Wildman–Crippen MR) is 97.3 cm³/mol. The number of likely N-dealkylation sites (N-methyl/N-ethyl adjacent to an activating group) is 1. The SMILES string of the molecule is CNC(=O)/C=C/c1cnc(N)c2c(-c3ccc(C#N)cc3)csc12. The summed E-state index contributed by atoms with van der Waals surface area (Å²) >= 11 is 1.55. The summed E-state index contributed by atoms with van der Waals surface area (Å²) in [6.07, 6.45) is 4.86. The summed E-state index contributed by atoms with van der Waals surface area (Å²) < 4.78 is 0.974. The van der Waals surface area contributed by atoms with Crippen LogP contribution in [-0.4, -0.2) is 17.9 Å². The van der Waals surface area contributed by atoms with Gasteiger partial charge in [0.15, 0.2) is 0 Å². The number of carbonyl (C=O) groups is 1. The van der Waals surface area contributed by atoms with Gasteiger partial charge >= 0.3 is 0 Å². The van der Waals surface area contributed by atoms with E-state index in [0.717, 1.165) is 26.8 Å². The van der Waals surface area contributed by atoms with Crippen LogP contribution in [0.25, 0.3) is 27.3 Å². The van der Waals surface area contributed by atoms with E-state index in [1.165, 1.54) is 6.08 Å². The van der Waals surface area contributed by atoms with Crippen molar-refractivity contribution in [2.45, 2.75) is 0 Å². The Balaban J connectivity index is 2.13. The molecule has 118 valence electrons. The molecule has 0 unspecified atom stereocenters. The lowest BCUT2D eigenvalue weighted by Crippen LogP contribution is -2.13. The van der Waals surface area contributed by atoms with E-state index in [9.17, 15) is 4.79 Å². The van der Waals surface area contributed by atoms with Crippen LogP contribution in [0, 0.1) is 11.3 Å². The Kier molecular flexibility index (Phi) is 4.27. The molecule has 3 N–H and O–H groups in total. The van der Waals surface area contributed by atoms with Crippen molar-refractivity contribution in [1.82, 2.24) is 10.3 Å². The van der Waals surface area contributed by atoms with Gasteiger partial charge in [0, 0.05) is 40.5 Å². The second kappa shape index (κ2) is 6.52. The Hall–Kier alpha value is -3.17. The van der Waals surface area contributed by atoms with Crippen molar-refractivity contribution in [3.8, 4) is 17.2 Å². The van der Waals surface area contributed by atoms with E-state index < -0.39 is 0 Å². The lowest BCUT2D eigenvalue weighted by atomic mass is 10.0. The van der Waals surface area contributed by atoms with Crippen LogP contribution in [0.4, 0.5) is 5.82 Å². The van der Waals surface area contributed by atoms with Crippen LogP contribution in [0.15, 0.2) is 41.9 Å². The van der Waals surface area contributed by atoms with E-state index in [1.54, 1.807) is 42.8 Å². The van der Waals surface area contributed by atoms with Gasteiger partial charge in [0.25, 0.3) is 0 Å². The third-order valence-corrected chi connectivity index (χ3v) is 4.67. The minimum absolute atomic E-state index is 0.177. The normalized spacial score (nSPS) is 10.8. The average Bonchev–Trinajstić information content (AvgIpc) is 3.07. The van der Waals surface area contributed by atoms with Gasteiger partial charge in [-0.05, 0) is 29.2 Å². The smallest absolute Gasteiger partial charge is 0.243 e. The van der Waals surface area contributed by atoms with Gasteiger partial charge in [-0.2, -0.15) is 5.26 Å². The summed E-state index contributed by atoms with van der Waals surface area (Å²) in [5.41, 5.74) is 9.48. The molecule has 1 aromatic carbocycles. The largest absolute Gasteiger partial charge is 0.383 e. The van der Waals surface area contributed by atoms with Gasteiger partial charge in [-0.3, -0.25) is 4.79 Å². The highest BCUT2D eigenvalue weighted by Crippen LogP contribution is 2.38. The van der Waals surface area contributed by atoms with Crippen LogP contribution in [0.5, 0.6) is 0 Å². The van der Waals surface area contributed by atoms with Crippen molar-refractivity contribution in [2.24, 2.45) is 0 Å². The molecule has 0 aliphatic heterocycles. The summed E-state index contributed by atoms with van der Waals surface area (Å²) in [6.45, 7) is 0. The molecule has 2 aromatic heterocycles. The molecule has 24 heavy (non-hydrogen) atoms. The van der Waals surface area contributed by atoms with Gasteiger partial charge in [0.2, 0.25) is 5.91 Å². The lowest BCUT2D eigenvalue weighted by molar-refractivity contribution is -0.115. The van der Waals surface area contributed by atoms with Crippen molar-refractivity contribution >= 4 is 39.2 Å². The van der Waals surface area contributed by atoms with Gasteiger partial charge in [-0.1, -0.05) is 12.1 Å². The molecule has 2 heterocycles. The van der Waals surface area contributed by atoms with E-state index in [-0.39, 0.29) is 5.91 Å². The van der Waals surface area contributed by atoms with Crippen LogP contribution in [0.1, 0.15) is 11.1 Å². The average molecular weight is 334 g/mol. The van der Waals surface area contributed by atoms with Crippen LogP contribution in [0.2, 0.25) is 0 Å². The van der Waals surface area contributed by atoms with Crippen molar-refractivity contribution < 1.29 is 4.79 Å². The number of thiophene rings is 1. The maximum Gasteiger partial charge on any atom is 0.243 e. The predicted octanol–water partition coefficient (Wildman–Crippen LogP) is 3.18. The third-order valence-electron chi connectivity index (χ3n) is 3.64. The molecule has 6 heteroatoms. The third kappa shape index (κ3) is 2.85. The van der Waals surface area contributed by atoms with E-state index in [0.29, 0.717) is 11.4 Å². The van der Waals surface area contributed by atoms with E-state index in [1.807, 2.05) is 17.5 Å². The molecule has 5 nitrogen and oxygen atoms in total. The Morgan fingerprint density at radius 2 is 2.12 bits per heavy atom. The molecular weight excluding hydrogens is 320 g/mol. The quantitative estimate of drug-likeness (QED) is 0.720. The highest BCUT2D eigenvalue weighted by atomic mass is 32.1. The number of pyridine rings is 1. The molecule has 0 aliphatic rings. The maximum absolute atomic E-state index is 11.4. The van der Waals surface area contributed by atoms with Crippen LogP contribution < -0.4 is 11.1 Å². The standard InChI is InChI=1S/C18H14N4OS/c1-21-15(23)7-6-13-9-22-18(20)16-14(10-24-17(13)16)12-4-2-11(8-19)3-5-12/h2-7,9-10H,1H3,(H2,20,22)(H,21,23)/b7-6+. The van der Waals surface area contributed by atoms with Gasteiger partial charge < -0.3 is 11.1 Å². The lowest BCUT2D eigenvalue weighted by Gasteiger charge is -2.04. The summed E-state index contributed by atoms with van der Waals surface area (Å²) in [5, 5.41) is 14.3. The zero-order valence-corrected chi connectivity index (χ0v) is 13.7. The van der Waals surface area contributed by atoms with Crippen molar-refractivity contribution in [3.05, 3.63) is 53.0 Å². The molecule has 1 amide bonds. The number of nitrogens with one attached hydrogen (secondary N) is 1. The van der Waals surface area contributed by atoms with Crippen LogP contribution in [-0.2, 0) is 4.79 Å². The highest BCUT2D eigenvalue weighted by molar-refractivity contribution is 7.18.